The Morgan fingerprint density at radius 2 is 1.90 bits per heavy atom. The van der Waals surface area contributed by atoms with E-state index in [-0.39, 0.29) is 29.7 Å². The number of aryl methyl sites for hydroxylation is 1. The topological polar surface area (TPSA) is 159 Å². The second-order valence-electron chi connectivity index (χ2n) is 9.47. The molecule has 1 aliphatic rings. The van der Waals surface area contributed by atoms with Gasteiger partial charge in [-0.25, -0.2) is 14.4 Å². The Balaban J connectivity index is 1.21. The van der Waals surface area contributed by atoms with E-state index in [9.17, 15) is 18.8 Å². The van der Waals surface area contributed by atoms with E-state index in [0.29, 0.717) is 40.3 Å². The van der Waals surface area contributed by atoms with Gasteiger partial charge in [-0.05, 0) is 46.8 Å². The summed E-state index contributed by atoms with van der Waals surface area (Å²) in [5.41, 5.74) is 2.92. The van der Waals surface area contributed by atoms with Gasteiger partial charge in [0, 0.05) is 28.6 Å². The van der Waals surface area contributed by atoms with Gasteiger partial charge in [0.15, 0.2) is 0 Å². The number of halogens is 1. The normalized spacial score (nSPS) is 14.1. The largest absolute Gasteiger partial charge is 0.347 e. The molecule has 2 aromatic carbocycles. The summed E-state index contributed by atoms with van der Waals surface area (Å²) in [7, 11) is 0. The number of aromatic amines is 1. The SMILES string of the molecule is Cc1cc(CNC(=O)c2cc(C(=O)NC3C(=O)N(Cc4cccs4)c4cc(-c5nn[nH]n5)ccc43)ncn2)ccc1F. The van der Waals surface area contributed by atoms with Crippen molar-refractivity contribution in [2.45, 2.75) is 26.1 Å². The highest BCUT2D eigenvalue weighted by Crippen LogP contribution is 2.39. The third kappa shape index (κ3) is 5.34. The van der Waals surface area contributed by atoms with Crippen molar-refractivity contribution in [2.24, 2.45) is 0 Å². The van der Waals surface area contributed by atoms with Crippen LogP contribution < -0.4 is 15.5 Å². The molecule has 3 aromatic heterocycles. The highest BCUT2D eigenvalue weighted by Gasteiger charge is 2.39. The van der Waals surface area contributed by atoms with E-state index < -0.39 is 17.9 Å². The molecule has 0 bridgehead atoms. The number of nitrogens with one attached hydrogen (secondary N) is 3. The molecule has 5 aromatic rings. The molecule has 4 heterocycles. The maximum Gasteiger partial charge on any atom is 0.270 e. The molecule has 0 fully saturated rings. The van der Waals surface area contributed by atoms with E-state index in [2.05, 4.69) is 41.2 Å². The molecule has 0 radical (unpaired) electrons. The molecular formula is C28H22FN9O3S. The summed E-state index contributed by atoms with van der Waals surface area (Å²) in [5, 5.41) is 21.5. The lowest BCUT2D eigenvalue weighted by molar-refractivity contribution is -0.119. The smallest absolute Gasteiger partial charge is 0.270 e. The molecular weight excluding hydrogens is 561 g/mol. The van der Waals surface area contributed by atoms with E-state index in [0.717, 1.165) is 11.2 Å². The number of carbonyl (C=O) groups excluding carboxylic acids is 3. The minimum absolute atomic E-state index is 0.0313. The molecule has 3 N–H and O–H groups in total. The Morgan fingerprint density at radius 3 is 2.64 bits per heavy atom. The van der Waals surface area contributed by atoms with Crippen LogP contribution in [0.3, 0.4) is 0 Å². The zero-order chi connectivity index (χ0) is 29.2. The number of amides is 3. The fraction of sp³-hybridized carbons (Fsp3) is 0.143. The summed E-state index contributed by atoms with van der Waals surface area (Å²) in [6.07, 6.45) is 1.11. The number of benzene rings is 2. The van der Waals surface area contributed by atoms with Gasteiger partial charge in [0.05, 0.1) is 12.2 Å². The van der Waals surface area contributed by atoms with Gasteiger partial charge in [-0.2, -0.15) is 5.21 Å². The lowest BCUT2D eigenvalue weighted by Gasteiger charge is -2.17. The highest BCUT2D eigenvalue weighted by atomic mass is 32.1. The zero-order valence-electron chi connectivity index (χ0n) is 22.0. The Kier molecular flexibility index (Phi) is 7.19. The fourth-order valence-corrected chi connectivity index (χ4v) is 5.31. The molecule has 3 amide bonds. The van der Waals surface area contributed by atoms with E-state index in [4.69, 9.17) is 0 Å². The summed E-state index contributed by atoms with van der Waals surface area (Å²) in [6.45, 7) is 2.10. The van der Waals surface area contributed by atoms with Crippen LogP contribution in [0.1, 0.15) is 48.6 Å². The number of anilines is 1. The van der Waals surface area contributed by atoms with Crippen molar-refractivity contribution in [3.63, 3.8) is 0 Å². The van der Waals surface area contributed by atoms with E-state index in [1.165, 1.54) is 23.5 Å². The molecule has 1 atom stereocenters. The van der Waals surface area contributed by atoms with Crippen LogP contribution in [0, 0.1) is 12.7 Å². The first kappa shape index (κ1) is 26.8. The second kappa shape index (κ2) is 11.2. The third-order valence-electron chi connectivity index (χ3n) is 6.73. The van der Waals surface area contributed by atoms with Crippen molar-refractivity contribution in [3.05, 3.63) is 105 Å². The molecule has 6 rings (SSSR count). The summed E-state index contributed by atoms with van der Waals surface area (Å²) in [5.74, 6) is -1.47. The maximum absolute atomic E-state index is 13.6. The van der Waals surface area contributed by atoms with Crippen LogP contribution >= 0.6 is 11.3 Å². The molecule has 0 saturated heterocycles. The van der Waals surface area contributed by atoms with Crippen LogP contribution in [-0.4, -0.2) is 48.3 Å². The van der Waals surface area contributed by atoms with Crippen LogP contribution in [0.4, 0.5) is 10.1 Å². The minimum Gasteiger partial charge on any atom is -0.347 e. The number of tetrazole rings is 1. The summed E-state index contributed by atoms with van der Waals surface area (Å²) < 4.78 is 13.5. The zero-order valence-corrected chi connectivity index (χ0v) is 22.9. The van der Waals surface area contributed by atoms with Gasteiger partial charge in [-0.1, -0.05) is 30.3 Å². The molecule has 0 spiro atoms. The monoisotopic (exact) mass is 583 g/mol. The molecule has 1 unspecified atom stereocenters. The molecule has 42 heavy (non-hydrogen) atoms. The number of hydrogen-bond donors (Lipinski definition) is 3. The van der Waals surface area contributed by atoms with Crippen molar-refractivity contribution in [1.29, 1.82) is 0 Å². The Morgan fingerprint density at radius 1 is 1.07 bits per heavy atom. The number of thiophene rings is 1. The summed E-state index contributed by atoms with van der Waals surface area (Å²) in [4.78, 5) is 50.2. The second-order valence-corrected chi connectivity index (χ2v) is 10.5. The van der Waals surface area contributed by atoms with Crippen molar-refractivity contribution < 1.29 is 18.8 Å². The van der Waals surface area contributed by atoms with Gasteiger partial charge in [-0.15, -0.1) is 21.5 Å². The van der Waals surface area contributed by atoms with Gasteiger partial charge in [0.25, 0.3) is 17.7 Å². The number of aromatic nitrogens is 6. The van der Waals surface area contributed by atoms with Crippen LogP contribution in [0.15, 0.2) is 66.3 Å². The highest BCUT2D eigenvalue weighted by molar-refractivity contribution is 7.09. The van der Waals surface area contributed by atoms with Crippen LogP contribution in [-0.2, 0) is 17.9 Å². The maximum atomic E-state index is 13.6. The Bertz CT molecular complexity index is 1790. The number of hydrogen-bond acceptors (Lipinski definition) is 9. The van der Waals surface area contributed by atoms with Crippen molar-refractivity contribution >= 4 is 34.7 Å². The van der Waals surface area contributed by atoms with E-state index >= 15 is 0 Å². The number of H-pyrrole nitrogens is 1. The van der Waals surface area contributed by atoms with Crippen LogP contribution in [0.5, 0.6) is 0 Å². The number of fused-ring (bicyclic) bond motifs is 1. The van der Waals surface area contributed by atoms with Crippen molar-refractivity contribution in [1.82, 2.24) is 41.2 Å². The molecule has 1 aliphatic heterocycles. The van der Waals surface area contributed by atoms with Gasteiger partial charge >= 0.3 is 0 Å². The first-order valence-electron chi connectivity index (χ1n) is 12.7. The molecule has 12 nitrogen and oxygen atoms in total. The number of rotatable bonds is 8. The van der Waals surface area contributed by atoms with Crippen molar-refractivity contribution in [3.8, 4) is 11.4 Å². The Hall–Kier alpha value is -5.37. The quantitative estimate of drug-likeness (QED) is 0.251. The lowest BCUT2D eigenvalue weighted by atomic mass is 10.0. The number of nitrogens with zero attached hydrogens (tertiary/aromatic N) is 6. The van der Waals surface area contributed by atoms with Gasteiger partial charge < -0.3 is 15.5 Å². The Labute approximate surface area is 242 Å². The standard InChI is InChI=1S/C28H22FN9O3S/c1-15-9-16(4-7-20(15)29)12-30-26(39)21-11-22(32-14-31-21)27(40)33-24-19-6-5-17(25-34-36-37-35-25)10-23(19)38(28(24)41)13-18-3-2-8-42-18/h2-11,14,24H,12-13H2,1H3,(H,30,39)(H,33,40)(H,34,35,36,37). The van der Waals surface area contributed by atoms with Crippen LogP contribution in [0.25, 0.3) is 11.4 Å². The van der Waals surface area contributed by atoms with E-state index in [1.54, 1.807) is 42.2 Å². The number of carbonyl (C=O) groups is 3. The molecule has 0 saturated carbocycles. The lowest BCUT2D eigenvalue weighted by Crippen LogP contribution is -2.37. The minimum atomic E-state index is -0.985. The third-order valence-corrected chi connectivity index (χ3v) is 7.59. The van der Waals surface area contributed by atoms with E-state index in [1.807, 2.05) is 17.5 Å². The predicted octanol–water partition coefficient (Wildman–Crippen LogP) is 3.11. The molecule has 0 aliphatic carbocycles. The average Bonchev–Trinajstić information content (AvgIpc) is 3.77. The fourth-order valence-electron chi connectivity index (χ4n) is 4.61. The van der Waals surface area contributed by atoms with Crippen LogP contribution in [0.2, 0.25) is 0 Å². The van der Waals surface area contributed by atoms with Gasteiger partial charge in [0.1, 0.15) is 29.6 Å². The summed E-state index contributed by atoms with van der Waals surface area (Å²) >= 11 is 1.52. The predicted molar refractivity (Wildman–Crippen MR) is 150 cm³/mol. The molecule has 14 heteroatoms. The molecule has 210 valence electrons. The van der Waals surface area contributed by atoms with Gasteiger partial charge in [0.2, 0.25) is 5.82 Å². The summed E-state index contributed by atoms with van der Waals surface area (Å²) in [6, 6.07) is 13.9. The first-order valence-corrected chi connectivity index (χ1v) is 13.6. The van der Waals surface area contributed by atoms with Crippen molar-refractivity contribution in [2.75, 3.05) is 4.90 Å². The van der Waals surface area contributed by atoms with Gasteiger partial charge in [-0.3, -0.25) is 14.4 Å². The average molecular weight is 584 g/mol. The first-order chi connectivity index (χ1) is 20.4.